The number of aromatic nitrogens is 2. The third-order valence-corrected chi connectivity index (χ3v) is 7.19. The number of nitrogens with zero attached hydrogens (tertiary/aromatic N) is 4. The van der Waals surface area contributed by atoms with Gasteiger partial charge >= 0.3 is 0 Å². The summed E-state index contributed by atoms with van der Waals surface area (Å²) in [5.41, 5.74) is 2.69. The number of hydrogen-bond acceptors (Lipinski definition) is 9. The minimum absolute atomic E-state index is 0.0483. The Bertz CT molecular complexity index is 1420. The van der Waals surface area contributed by atoms with E-state index in [0.717, 1.165) is 47.4 Å². The number of rotatable bonds is 9. The lowest BCUT2D eigenvalue weighted by atomic mass is 10.1. The molecule has 0 saturated carbocycles. The van der Waals surface area contributed by atoms with E-state index in [0.29, 0.717) is 47.6 Å². The van der Waals surface area contributed by atoms with Crippen LogP contribution in [0.5, 0.6) is 28.2 Å². The van der Waals surface area contributed by atoms with Gasteiger partial charge in [-0.1, -0.05) is 12.1 Å². The zero-order valence-corrected chi connectivity index (χ0v) is 22.9. The van der Waals surface area contributed by atoms with E-state index in [-0.39, 0.29) is 5.91 Å². The first-order valence-electron chi connectivity index (χ1n) is 12.6. The van der Waals surface area contributed by atoms with Gasteiger partial charge in [0, 0.05) is 55.4 Å². The Balaban J connectivity index is 1.24. The molecule has 0 aliphatic carbocycles. The topological polar surface area (TPSA) is 86.3 Å². The number of hydrogen-bond donors (Lipinski definition) is 0. The lowest BCUT2D eigenvalue weighted by Crippen LogP contribution is -2.48. The molecule has 0 bridgehead atoms. The molecule has 4 aromatic rings. The van der Waals surface area contributed by atoms with Crippen molar-refractivity contribution in [2.75, 3.05) is 52.4 Å². The number of ether oxygens (including phenoxy) is 4. The summed E-state index contributed by atoms with van der Waals surface area (Å²) >= 11 is 1.16. The molecule has 202 valence electrons. The Hall–Kier alpha value is -4.31. The Labute approximate surface area is 231 Å². The molecule has 1 aliphatic heterocycles. The second kappa shape index (κ2) is 12.0. The van der Waals surface area contributed by atoms with Crippen LogP contribution in [0, 0.1) is 0 Å². The van der Waals surface area contributed by atoms with E-state index in [2.05, 4.69) is 14.3 Å². The highest BCUT2D eigenvalue weighted by atomic mass is 32.1. The van der Waals surface area contributed by atoms with Crippen molar-refractivity contribution in [2.24, 2.45) is 0 Å². The fraction of sp³-hybridized carbons (Fsp3) is 0.276. The molecule has 1 aliphatic rings. The molecule has 10 heteroatoms. The Morgan fingerprint density at radius 3 is 2.33 bits per heavy atom. The molecule has 3 aromatic carbocycles. The first-order valence-corrected chi connectivity index (χ1v) is 13.3. The van der Waals surface area contributed by atoms with Crippen LogP contribution in [0.25, 0.3) is 0 Å². The molecular formula is C29H30N4O5S. The highest BCUT2D eigenvalue weighted by Crippen LogP contribution is 2.34. The zero-order valence-electron chi connectivity index (χ0n) is 22.1. The van der Waals surface area contributed by atoms with Crippen molar-refractivity contribution in [3.63, 3.8) is 0 Å². The van der Waals surface area contributed by atoms with Crippen LogP contribution in [-0.4, -0.2) is 67.7 Å². The molecule has 2 heterocycles. The van der Waals surface area contributed by atoms with Gasteiger partial charge < -0.3 is 28.7 Å². The number of piperazine rings is 1. The van der Waals surface area contributed by atoms with Crippen molar-refractivity contribution in [3.05, 3.63) is 83.7 Å². The van der Waals surface area contributed by atoms with Gasteiger partial charge in [-0.25, -0.2) is 0 Å². The van der Waals surface area contributed by atoms with Crippen molar-refractivity contribution in [1.82, 2.24) is 14.3 Å². The van der Waals surface area contributed by atoms with Gasteiger partial charge in [-0.15, -0.1) is 0 Å². The van der Waals surface area contributed by atoms with E-state index >= 15 is 0 Å². The van der Waals surface area contributed by atoms with E-state index in [1.807, 2.05) is 53.4 Å². The molecule has 5 rings (SSSR count). The molecule has 39 heavy (non-hydrogen) atoms. The minimum Gasteiger partial charge on any atom is -0.497 e. The number of amides is 1. The third-order valence-electron chi connectivity index (χ3n) is 6.56. The molecule has 1 saturated heterocycles. The maximum Gasteiger partial charge on any atom is 0.298 e. The molecule has 0 radical (unpaired) electrons. The Kier molecular flexibility index (Phi) is 8.12. The number of carbonyl (C=O) groups excluding carboxylic acids is 1. The molecule has 0 N–H and O–H groups in total. The van der Waals surface area contributed by atoms with Crippen LogP contribution in [0.4, 0.5) is 5.69 Å². The number of methoxy groups -OCH3 is 3. The fourth-order valence-corrected chi connectivity index (χ4v) is 5.01. The smallest absolute Gasteiger partial charge is 0.298 e. The maximum atomic E-state index is 13.3. The van der Waals surface area contributed by atoms with Crippen LogP contribution >= 0.6 is 11.5 Å². The first kappa shape index (κ1) is 26.3. The van der Waals surface area contributed by atoms with Gasteiger partial charge in [-0.2, -0.15) is 9.36 Å². The van der Waals surface area contributed by atoms with Crippen LogP contribution in [0.15, 0.2) is 66.7 Å². The lowest BCUT2D eigenvalue weighted by molar-refractivity contribution is 0.0746. The summed E-state index contributed by atoms with van der Waals surface area (Å²) in [4.78, 5) is 22.0. The second-order valence-corrected chi connectivity index (χ2v) is 9.66. The Morgan fingerprint density at radius 1 is 0.846 bits per heavy atom. The normalized spacial score (nSPS) is 13.2. The van der Waals surface area contributed by atoms with Gasteiger partial charge in [0.15, 0.2) is 17.3 Å². The van der Waals surface area contributed by atoms with Crippen molar-refractivity contribution < 1.29 is 23.7 Å². The van der Waals surface area contributed by atoms with Crippen LogP contribution in [0.3, 0.4) is 0 Å². The standard InChI is InChI=1S/C29H30N4O5S/c1-35-23-10-8-22(9-11-23)32-13-15-33(16-14-32)28(34)21-7-12-25(37-3)26(19-21)38-29-30-27(31-39-29)18-20-5-4-6-24(17-20)36-2/h4-12,17,19H,13-16,18H2,1-3H3. The molecule has 1 aromatic heterocycles. The highest BCUT2D eigenvalue weighted by molar-refractivity contribution is 7.07. The third kappa shape index (κ3) is 6.23. The summed E-state index contributed by atoms with van der Waals surface area (Å²) in [6.07, 6.45) is 0.551. The number of carbonyl (C=O) groups is 1. The molecule has 1 amide bonds. The molecule has 0 atom stereocenters. The van der Waals surface area contributed by atoms with E-state index in [4.69, 9.17) is 18.9 Å². The van der Waals surface area contributed by atoms with Crippen LogP contribution in [-0.2, 0) is 6.42 Å². The number of anilines is 1. The highest BCUT2D eigenvalue weighted by Gasteiger charge is 2.24. The fourth-order valence-electron chi connectivity index (χ4n) is 4.44. The SMILES string of the molecule is COc1ccc(N2CCN(C(=O)c3ccc(OC)c(Oc4nc(Cc5cccc(OC)c5)ns4)c3)CC2)cc1. The van der Waals surface area contributed by atoms with E-state index < -0.39 is 0 Å². The van der Waals surface area contributed by atoms with Crippen molar-refractivity contribution in [3.8, 4) is 28.2 Å². The summed E-state index contributed by atoms with van der Waals surface area (Å²) in [7, 11) is 4.86. The summed E-state index contributed by atoms with van der Waals surface area (Å²) in [6.45, 7) is 2.74. The van der Waals surface area contributed by atoms with Crippen LogP contribution < -0.4 is 23.8 Å². The quantitative estimate of drug-likeness (QED) is 0.293. The molecular weight excluding hydrogens is 516 g/mol. The summed E-state index contributed by atoms with van der Waals surface area (Å²) in [5.74, 6) is 3.14. The monoisotopic (exact) mass is 546 g/mol. The van der Waals surface area contributed by atoms with Gasteiger partial charge in [0.25, 0.3) is 11.1 Å². The summed E-state index contributed by atoms with van der Waals surface area (Å²) in [5, 5.41) is 0.379. The Morgan fingerprint density at radius 2 is 1.62 bits per heavy atom. The zero-order chi connectivity index (χ0) is 27.2. The average molecular weight is 547 g/mol. The molecule has 1 fully saturated rings. The van der Waals surface area contributed by atoms with Gasteiger partial charge in [-0.3, -0.25) is 4.79 Å². The van der Waals surface area contributed by atoms with E-state index in [9.17, 15) is 4.79 Å². The number of benzene rings is 3. The molecule has 0 spiro atoms. The van der Waals surface area contributed by atoms with Crippen LogP contribution in [0.2, 0.25) is 0 Å². The van der Waals surface area contributed by atoms with Crippen molar-refractivity contribution in [2.45, 2.75) is 6.42 Å². The molecule has 0 unspecified atom stereocenters. The van der Waals surface area contributed by atoms with Gasteiger partial charge in [0.05, 0.1) is 21.3 Å². The average Bonchev–Trinajstić information content (AvgIpc) is 3.43. The maximum absolute atomic E-state index is 13.3. The minimum atomic E-state index is -0.0483. The van der Waals surface area contributed by atoms with E-state index in [1.54, 1.807) is 39.5 Å². The molecule has 9 nitrogen and oxygen atoms in total. The van der Waals surface area contributed by atoms with Gasteiger partial charge in [-0.05, 0) is 60.2 Å². The van der Waals surface area contributed by atoms with Gasteiger partial charge in [0.2, 0.25) is 0 Å². The van der Waals surface area contributed by atoms with Gasteiger partial charge in [0.1, 0.15) is 11.5 Å². The largest absolute Gasteiger partial charge is 0.497 e. The van der Waals surface area contributed by atoms with E-state index in [1.165, 1.54) is 0 Å². The second-order valence-electron chi connectivity index (χ2n) is 8.95. The van der Waals surface area contributed by atoms with Crippen LogP contribution in [0.1, 0.15) is 21.7 Å². The predicted octanol–water partition coefficient (Wildman–Crippen LogP) is 4.91. The first-order chi connectivity index (χ1) is 19.1. The van der Waals surface area contributed by atoms with Crippen molar-refractivity contribution >= 4 is 23.1 Å². The summed E-state index contributed by atoms with van der Waals surface area (Å²) < 4.78 is 26.5. The lowest BCUT2D eigenvalue weighted by Gasteiger charge is -2.36. The van der Waals surface area contributed by atoms with Crippen molar-refractivity contribution in [1.29, 1.82) is 0 Å². The predicted molar refractivity (Wildman–Crippen MR) is 150 cm³/mol. The summed E-state index contributed by atoms with van der Waals surface area (Å²) in [6, 6.07) is 21.0.